The summed E-state index contributed by atoms with van der Waals surface area (Å²) in [5.41, 5.74) is 6.14. The van der Waals surface area contributed by atoms with E-state index in [4.69, 9.17) is 10.8 Å². The number of benzene rings is 1. The summed E-state index contributed by atoms with van der Waals surface area (Å²) in [7, 11) is 1.78. The lowest BCUT2D eigenvalue weighted by molar-refractivity contribution is -0.136. The minimum absolute atomic E-state index is 0.0321. The Labute approximate surface area is 117 Å². The second-order valence-electron chi connectivity index (χ2n) is 5.51. The van der Waals surface area contributed by atoms with Crippen molar-refractivity contribution < 1.29 is 14.7 Å². The number of carboxylic acid groups (broad SMARTS) is 1. The van der Waals surface area contributed by atoms with Gasteiger partial charge in [-0.15, -0.1) is 0 Å². The van der Waals surface area contributed by atoms with Crippen molar-refractivity contribution in [3.05, 3.63) is 23.8 Å². The van der Waals surface area contributed by atoms with Crippen molar-refractivity contribution in [2.24, 2.45) is 0 Å². The topological polar surface area (TPSA) is 86.9 Å². The zero-order valence-corrected chi connectivity index (χ0v) is 11.9. The Hall–Kier alpha value is -2.24. The van der Waals surface area contributed by atoms with Gasteiger partial charge in [-0.25, -0.2) is 4.79 Å². The number of rotatable bonds is 2. The zero-order chi connectivity index (χ0) is 15.1. The van der Waals surface area contributed by atoms with Gasteiger partial charge in [-0.05, 0) is 32.0 Å². The van der Waals surface area contributed by atoms with Crippen LogP contribution in [0.25, 0.3) is 0 Å². The van der Waals surface area contributed by atoms with Crippen molar-refractivity contribution in [2.75, 3.05) is 30.8 Å². The Morgan fingerprint density at radius 3 is 2.55 bits per heavy atom. The number of hydrogen-bond donors (Lipinski definition) is 2. The smallest absolute Gasteiger partial charge is 0.337 e. The fourth-order valence-electron chi connectivity index (χ4n) is 2.58. The van der Waals surface area contributed by atoms with E-state index in [1.54, 1.807) is 24.1 Å². The van der Waals surface area contributed by atoms with E-state index in [1.807, 2.05) is 18.7 Å². The molecule has 0 unspecified atom stereocenters. The molecule has 1 aromatic carbocycles. The van der Waals surface area contributed by atoms with E-state index in [9.17, 15) is 9.59 Å². The van der Waals surface area contributed by atoms with Crippen LogP contribution in [0.4, 0.5) is 11.4 Å². The maximum Gasteiger partial charge on any atom is 0.337 e. The standard InChI is InChI=1S/C14H19N3O3/c1-14(2)13(20)16(3)6-7-17(14)9-4-5-10(12(18)19)11(15)8-9/h4-5,8H,6-7,15H2,1-3H3,(H,18,19). The monoisotopic (exact) mass is 277 g/mol. The number of nitrogen functional groups attached to an aromatic ring is 1. The first-order valence-corrected chi connectivity index (χ1v) is 6.41. The first kappa shape index (κ1) is 14.2. The normalized spacial score (nSPS) is 18.2. The molecule has 0 spiro atoms. The number of likely N-dealkylation sites (N-methyl/N-ethyl adjacent to an activating group) is 1. The van der Waals surface area contributed by atoms with Crippen molar-refractivity contribution in [1.29, 1.82) is 0 Å². The minimum Gasteiger partial charge on any atom is -0.478 e. The van der Waals surface area contributed by atoms with Crippen molar-refractivity contribution in [3.8, 4) is 0 Å². The quantitative estimate of drug-likeness (QED) is 0.788. The molecule has 0 aromatic heterocycles. The molecule has 2 rings (SSSR count). The molecule has 1 heterocycles. The molecule has 0 bridgehead atoms. The number of anilines is 2. The number of piperazine rings is 1. The van der Waals surface area contributed by atoms with Crippen LogP contribution < -0.4 is 10.6 Å². The van der Waals surface area contributed by atoms with Crippen LogP contribution in [0.5, 0.6) is 0 Å². The third-order valence-corrected chi connectivity index (χ3v) is 3.78. The molecule has 1 aromatic rings. The molecule has 3 N–H and O–H groups in total. The molecule has 0 aliphatic carbocycles. The summed E-state index contributed by atoms with van der Waals surface area (Å²) in [5, 5.41) is 8.99. The van der Waals surface area contributed by atoms with E-state index in [-0.39, 0.29) is 17.2 Å². The number of carbonyl (C=O) groups excluding carboxylic acids is 1. The van der Waals surface area contributed by atoms with Crippen LogP contribution in [0, 0.1) is 0 Å². The summed E-state index contributed by atoms with van der Waals surface area (Å²) in [5.74, 6) is -1.02. The van der Waals surface area contributed by atoms with Crippen LogP contribution in [-0.4, -0.2) is 47.6 Å². The summed E-state index contributed by atoms with van der Waals surface area (Å²) in [6.45, 7) is 5.02. The van der Waals surface area contributed by atoms with Crippen molar-refractivity contribution in [1.82, 2.24) is 4.90 Å². The highest BCUT2D eigenvalue weighted by Crippen LogP contribution is 2.30. The van der Waals surface area contributed by atoms with Gasteiger partial charge in [0.05, 0.1) is 5.56 Å². The molecular formula is C14H19N3O3. The van der Waals surface area contributed by atoms with E-state index in [0.29, 0.717) is 13.1 Å². The van der Waals surface area contributed by atoms with Gasteiger partial charge in [0.2, 0.25) is 5.91 Å². The molecule has 1 aliphatic rings. The Balaban J connectivity index is 2.39. The van der Waals surface area contributed by atoms with E-state index >= 15 is 0 Å². The lowest BCUT2D eigenvalue weighted by Gasteiger charge is -2.46. The molecule has 0 radical (unpaired) electrons. The second kappa shape index (κ2) is 4.70. The molecule has 0 atom stereocenters. The van der Waals surface area contributed by atoms with Gasteiger partial charge in [-0.2, -0.15) is 0 Å². The highest BCUT2D eigenvalue weighted by Gasteiger charge is 2.40. The lowest BCUT2D eigenvalue weighted by Crippen LogP contribution is -2.62. The summed E-state index contributed by atoms with van der Waals surface area (Å²) in [4.78, 5) is 26.9. The average Bonchev–Trinajstić information content (AvgIpc) is 2.35. The molecule has 0 saturated carbocycles. The Kier molecular flexibility index (Phi) is 3.33. The van der Waals surface area contributed by atoms with E-state index in [1.165, 1.54) is 6.07 Å². The molecule has 1 saturated heterocycles. The number of nitrogens with two attached hydrogens (primary N) is 1. The van der Waals surface area contributed by atoms with E-state index in [2.05, 4.69) is 0 Å². The van der Waals surface area contributed by atoms with Crippen molar-refractivity contribution >= 4 is 23.3 Å². The van der Waals surface area contributed by atoms with E-state index in [0.717, 1.165) is 5.69 Å². The molecule has 1 amide bonds. The predicted octanol–water partition coefficient (Wildman–Crippen LogP) is 1.02. The van der Waals surface area contributed by atoms with Crippen LogP contribution >= 0.6 is 0 Å². The number of carboxylic acids is 1. The van der Waals surface area contributed by atoms with Gasteiger partial charge in [0, 0.05) is 31.5 Å². The predicted molar refractivity (Wildman–Crippen MR) is 76.9 cm³/mol. The number of amides is 1. The SMILES string of the molecule is CN1CCN(c2ccc(C(=O)O)c(N)c2)C(C)(C)C1=O. The zero-order valence-electron chi connectivity index (χ0n) is 11.9. The number of carbonyl (C=O) groups is 2. The molecule has 1 fully saturated rings. The second-order valence-corrected chi connectivity index (χ2v) is 5.51. The van der Waals surface area contributed by atoms with Gasteiger partial charge < -0.3 is 20.6 Å². The molecule has 6 heteroatoms. The highest BCUT2D eigenvalue weighted by atomic mass is 16.4. The highest BCUT2D eigenvalue weighted by molar-refractivity contribution is 5.95. The van der Waals surface area contributed by atoms with Gasteiger partial charge in [-0.1, -0.05) is 0 Å². The molecule has 108 valence electrons. The van der Waals surface area contributed by atoms with Gasteiger partial charge in [-0.3, -0.25) is 4.79 Å². The van der Waals surface area contributed by atoms with Crippen LogP contribution in [0.3, 0.4) is 0 Å². The van der Waals surface area contributed by atoms with Crippen LogP contribution in [0.2, 0.25) is 0 Å². The fraction of sp³-hybridized carbons (Fsp3) is 0.429. The number of aromatic carboxylic acids is 1. The number of hydrogen-bond acceptors (Lipinski definition) is 4. The van der Waals surface area contributed by atoms with Crippen molar-refractivity contribution in [3.63, 3.8) is 0 Å². The lowest BCUT2D eigenvalue weighted by atomic mass is 9.96. The molecular weight excluding hydrogens is 258 g/mol. The maximum atomic E-state index is 12.2. The first-order valence-electron chi connectivity index (χ1n) is 6.41. The third-order valence-electron chi connectivity index (χ3n) is 3.78. The Morgan fingerprint density at radius 1 is 1.35 bits per heavy atom. The average molecular weight is 277 g/mol. The van der Waals surface area contributed by atoms with E-state index < -0.39 is 11.5 Å². The summed E-state index contributed by atoms with van der Waals surface area (Å²) in [6, 6.07) is 4.79. The van der Waals surface area contributed by atoms with Gasteiger partial charge in [0.25, 0.3) is 0 Å². The van der Waals surface area contributed by atoms with Gasteiger partial charge in [0.1, 0.15) is 5.54 Å². The largest absolute Gasteiger partial charge is 0.478 e. The van der Waals surface area contributed by atoms with Crippen molar-refractivity contribution in [2.45, 2.75) is 19.4 Å². The van der Waals surface area contributed by atoms with Gasteiger partial charge in [0.15, 0.2) is 0 Å². The van der Waals surface area contributed by atoms with Crippen LogP contribution in [0.15, 0.2) is 18.2 Å². The van der Waals surface area contributed by atoms with Gasteiger partial charge >= 0.3 is 5.97 Å². The fourth-order valence-corrected chi connectivity index (χ4v) is 2.58. The Bertz CT molecular complexity index is 569. The first-order chi connectivity index (χ1) is 9.25. The summed E-state index contributed by atoms with van der Waals surface area (Å²) >= 11 is 0. The maximum absolute atomic E-state index is 12.2. The number of nitrogens with zero attached hydrogens (tertiary/aromatic N) is 2. The molecule has 1 aliphatic heterocycles. The molecule has 20 heavy (non-hydrogen) atoms. The summed E-state index contributed by atoms with van der Waals surface area (Å²) < 4.78 is 0. The van der Waals surface area contributed by atoms with Crippen LogP contribution in [0.1, 0.15) is 24.2 Å². The van der Waals surface area contributed by atoms with Crippen LogP contribution in [-0.2, 0) is 4.79 Å². The summed E-state index contributed by atoms with van der Waals surface area (Å²) in [6.07, 6.45) is 0. The third kappa shape index (κ3) is 2.17. The Morgan fingerprint density at radius 2 is 2.00 bits per heavy atom. The molecule has 6 nitrogen and oxygen atoms in total. The minimum atomic E-state index is -1.05.